The summed E-state index contributed by atoms with van der Waals surface area (Å²) in [5.74, 6) is 0.714. The van der Waals surface area contributed by atoms with E-state index in [0.29, 0.717) is 17.1 Å². The van der Waals surface area contributed by atoms with Gasteiger partial charge in [0.1, 0.15) is 0 Å². The first-order valence-electron chi connectivity index (χ1n) is 6.39. The summed E-state index contributed by atoms with van der Waals surface area (Å²) in [7, 11) is 0. The molecule has 5 nitrogen and oxygen atoms in total. The van der Waals surface area contributed by atoms with Crippen LogP contribution in [0.4, 0.5) is 5.69 Å². The van der Waals surface area contributed by atoms with Gasteiger partial charge in [-0.15, -0.1) is 11.8 Å². The third-order valence-electron chi connectivity index (χ3n) is 2.66. The quantitative estimate of drug-likeness (QED) is 0.414. The molecule has 106 valence electrons. The van der Waals surface area contributed by atoms with Gasteiger partial charge in [0.15, 0.2) is 0 Å². The second-order valence-electron chi connectivity index (χ2n) is 4.20. The summed E-state index contributed by atoms with van der Waals surface area (Å²) in [5.41, 5.74) is 0.144. The van der Waals surface area contributed by atoms with Crippen LogP contribution in [0.5, 0.6) is 0 Å². The van der Waals surface area contributed by atoms with Crippen LogP contribution in [0.3, 0.4) is 0 Å². The van der Waals surface area contributed by atoms with E-state index in [4.69, 9.17) is 5.11 Å². The number of nitrogens with zero attached hydrogens (tertiary/aromatic N) is 1. The van der Waals surface area contributed by atoms with Crippen molar-refractivity contribution in [3.05, 3.63) is 34.4 Å². The van der Waals surface area contributed by atoms with Gasteiger partial charge in [0.2, 0.25) is 0 Å². The lowest BCUT2D eigenvalue weighted by molar-refractivity contribution is -0.387. The molecule has 1 aromatic carbocycles. The Morgan fingerprint density at radius 3 is 2.84 bits per heavy atom. The number of nitrogens with one attached hydrogen (secondary N) is 1. The maximum Gasteiger partial charge on any atom is 0.282 e. The third kappa shape index (κ3) is 5.59. The normalized spacial score (nSPS) is 12.3. The number of hydrogen-bond donors (Lipinski definition) is 2. The van der Waals surface area contributed by atoms with E-state index < -0.39 is 0 Å². The van der Waals surface area contributed by atoms with Gasteiger partial charge in [-0.05, 0) is 25.5 Å². The lowest BCUT2D eigenvalue weighted by Gasteiger charge is -2.16. The highest BCUT2D eigenvalue weighted by Gasteiger charge is 2.15. The zero-order chi connectivity index (χ0) is 14.1. The van der Waals surface area contributed by atoms with Crippen LogP contribution in [0.25, 0.3) is 0 Å². The van der Waals surface area contributed by atoms with Crippen LogP contribution in [0.1, 0.15) is 19.8 Å². The molecular weight excluding hydrogens is 264 g/mol. The fourth-order valence-electron chi connectivity index (χ4n) is 1.67. The molecule has 0 aromatic heterocycles. The van der Waals surface area contributed by atoms with Gasteiger partial charge < -0.3 is 10.4 Å². The highest BCUT2D eigenvalue weighted by molar-refractivity contribution is 7.99. The number of aliphatic hydroxyl groups is 1. The van der Waals surface area contributed by atoms with Crippen molar-refractivity contribution in [2.24, 2.45) is 0 Å². The van der Waals surface area contributed by atoms with E-state index in [0.717, 1.165) is 13.0 Å². The monoisotopic (exact) mass is 284 g/mol. The first kappa shape index (κ1) is 15.9. The molecular formula is C13H20N2O3S. The van der Waals surface area contributed by atoms with Crippen LogP contribution in [0, 0.1) is 10.1 Å². The maximum absolute atomic E-state index is 10.9. The van der Waals surface area contributed by atoms with Gasteiger partial charge in [-0.2, -0.15) is 0 Å². The topological polar surface area (TPSA) is 75.4 Å². The summed E-state index contributed by atoms with van der Waals surface area (Å²) < 4.78 is 0. The Morgan fingerprint density at radius 2 is 2.21 bits per heavy atom. The molecule has 0 bridgehead atoms. The van der Waals surface area contributed by atoms with Gasteiger partial charge in [-0.1, -0.05) is 19.1 Å². The Balaban J connectivity index is 2.60. The van der Waals surface area contributed by atoms with Crippen molar-refractivity contribution in [3.8, 4) is 0 Å². The molecule has 6 heteroatoms. The number of benzene rings is 1. The molecule has 0 radical (unpaired) electrons. The fraction of sp³-hybridized carbons (Fsp3) is 0.538. The smallest absolute Gasteiger partial charge is 0.282 e. The number of aliphatic hydroxyl groups excluding tert-OH is 1. The molecule has 0 aliphatic carbocycles. The van der Waals surface area contributed by atoms with Crippen molar-refractivity contribution in [1.82, 2.24) is 5.32 Å². The van der Waals surface area contributed by atoms with Gasteiger partial charge >= 0.3 is 0 Å². The number of hydrogen-bond acceptors (Lipinski definition) is 5. The molecule has 19 heavy (non-hydrogen) atoms. The molecule has 0 saturated heterocycles. The zero-order valence-electron chi connectivity index (χ0n) is 11.0. The minimum atomic E-state index is -0.358. The highest BCUT2D eigenvalue weighted by atomic mass is 32.2. The lowest BCUT2D eigenvalue weighted by Crippen LogP contribution is -2.32. The van der Waals surface area contributed by atoms with Crippen molar-refractivity contribution in [3.63, 3.8) is 0 Å². The third-order valence-corrected chi connectivity index (χ3v) is 3.89. The van der Waals surface area contributed by atoms with Crippen molar-refractivity contribution in [2.45, 2.75) is 30.7 Å². The van der Waals surface area contributed by atoms with Gasteiger partial charge in [-0.3, -0.25) is 10.1 Å². The molecule has 0 aliphatic heterocycles. The summed E-state index contributed by atoms with van der Waals surface area (Å²) in [6.45, 7) is 3.10. The van der Waals surface area contributed by atoms with Crippen molar-refractivity contribution < 1.29 is 10.0 Å². The van der Waals surface area contributed by atoms with Crippen molar-refractivity contribution in [1.29, 1.82) is 0 Å². The van der Waals surface area contributed by atoms with Crippen molar-refractivity contribution >= 4 is 17.4 Å². The van der Waals surface area contributed by atoms with Crippen LogP contribution in [-0.2, 0) is 0 Å². The van der Waals surface area contributed by atoms with E-state index >= 15 is 0 Å². The Kier molecular flexibility index (Phi) is 7.47. The second kappa shape index (κ2) is 8.90. The predicted molar refractivity (Wildman–Crippen MR) is 77.6 cm³/mol. The number of nitro groups is 1. The van der Waals surface area contributed by atoms with E-state index in [-0.39, 0.29) is 23.3 Å². The van der Waals surface area contributed by atoms with Gasteiger partial charge in [0.05, 0.1) is 9.82 Å². The molecule has 0 fully saturated rings. The first-order chi connectivity index (χ1) is 9.19. The number of rotatable bonds is 9. The first-order valence-corrected chi connectivity index (χ1v) is 7.38. The lowest BCUT2D eigenvalue weighted by atomic mass is 10.2. The van der Waals surface area contributed by atoms with E-state index in [1.807, 2.05) is 0 Å². The summed E-state index contributed by atoms with van der Waals surface area (Å²) in [6.07, 6.45) is 1.69. The Labute approximate surface area is 117 Å². The standard InChI is InChI=1S/C13H20N2O3S/c1-2-8-14-11(7-9-16)10-19-13-6-4-3-5-12(13)15(17)18/h3-6,11,14,16H,2,7-10H2,1H3. The molecule has 0 heterocycles. The van der Waals surface area contributed by atoms with Crippen LogP contribution >= 0.6 is 11.8 Å². The highest BCUT2D eigenvalue weighted by Crippen LogP contribution is 2.29. The van der Waals surface area contributed by atoms with Gasteiger partial charge in [-0.25, -0.2) is 0 Å². The molecule has 0 aliphatic rings. The average molecular weight is 284 g/mol. The summed E-state index contributed by atoms with van der Waals surface area (Å²) in [6, 6.07) is 6.93. The summed E-state index contributed by atoms with van der Waals surface area (Å²) in [5, 5.41) is 23.3. The Morgan fingerprint density at radius 1 is 1.47 bits per heavy atom. The van der Waals surface area contributed by atoms with Crippen LogP contribution in [-0.4, -0.2) is 35.0 Å². The molecule has 2 N–H and O–H groups in total. The molecule has 1 rings (SSSR count). The van der Waals surface area contributed by atoms with Crippen LogP contribution in [0.2, 0.25) is 0 Å². The van der Waals surface area contributed by atoms with E-state index in [1.165, 1.54) is 17.8 Å². The molecule has 0 spiro atoms. The zero-order valence-corrected chi connectivity index (χ0v) is 11.9. The van der Waals surface area contributed by atoms with Crippen molar-refractivity contribution in [2.75, 3.05) is 18.9 Å². The van der Waals surface area contributed by atoms with E-state index in [2.05, 4.69) is 12.2 Å². The predicted octanol–water partition coefficient (Wildman–Crippen LogP) is 2.44. The Bertz CT molecular complexity index is 401. The second-order valence-corrected chi connectivity index (χ2v) is 5.26. The van der Waals surface area contributed by atoms with E-state index in [9.17, 15) is 10.1 Å². The molecule has 1 unspecified atom stereocenters. The number of nitro benzene ring substituents is 1. The fourth-order valence-corrected chi connectivity index (χ4v) is 2.80. The van der Waals surface area contributed by atoms with Gasteiger partial charge in [0.25, 0.3) is 5.69 Å². The molecule has 1 aromatic rings. The van der Waals surface area contributed by atoms with Crippen LogP contribution in [0.15, 0.2) is 29.2 Å². The SMILES string of the molecule is CCCNC(CCO)CSc1ccccc1[N+](=O)[O-]. The summed E-state index contributed by atoms with van der Waals surface area (Å²) in [4.78, 5) is 11.2. The van der Waals surface area contributed by atoms with Gasteiger partial charge in [0, 0.05) is 24.5 Å². The summed E-state index contributed by atoms with van der Waals surface area (Å²) >= 11 is 1.46. The minimum absolute atomic E-state index is 0.124. The minimum Gasteiger partial charge on any atom is -0.396 e. The molecule has 1 atom stereocenters. The molecule has 0 saturated carbocycles. The maximum atomic E-state index is 10.9. The Hall–Kier alpha value is -1.11. The number of para-hydroxylation sites is 1. The van der Waals surface area contributed by atoms with Crippen LogP contribution < -0.4 is 5.32 Å². The average Bonchev–Trinajstić information content (AvgIpc) is 2.42. The molecule has 0 amide bonds. The largest absolute Gasteiger partial charge is 0.396 e. The van der Waals surface area contributed by atoms with E-state index in [1.54, 1.807) is 18.2 Å². The number of thioether (sulfide) groups is 1.